The Morgan fingerprint density at radius 2 is 1.59 bits per heavy atom. The van der Waals surface area contributed by atoms with E-state index < -0.39 is 0 Å². The van der Waals surface area contributed by atoms with Gasteiger partial charge in [-0.25, -0.2) is 0 Å². The molecule has 2 atom stereocenters. The van der Waals surface area contributed by atoms with Crippen LogP contribution in [-0.4, -0.2) is 19.5 Å². The van der Waals surface area contributed by atoms with Crippen LogP contribution in [0.5, 0.6) is 0 Å². The van der Waals surface area contributed by atoms with Crippen LogP contribution < -0.4 is 5.32 Å². The first-order chi connectivity index (χ1) is 22.8. The summed E-state index contributed by atoms with van der Waals surface area (Å²) in [6, 6.07) is 23.0. The van der Waals surface area contributed by atoms with E-state index in [1.807, 2.05) is 36.9 Å². The van der Waals surface area contributed by atoms with Crippen LogP contribution >= 0.6 is 0 Å². The van der Waals surface area contributed by atoms with Crippen molar-refractivity contribution in [3.63, 3.8) is 0 Å². The molecule has 0 amide bonds. The van der Waals surface area contributed by atoms with Gasteiger partial charge in [-0.1, -0.05) is 54.6 Å². The number of hydrogen-bond donors (Lipinski definition) is 1. The summed E-state index contributed by atoms with van der Waals surface area (Å²) in [5.41, 5.74) is 14.3. The van der Waals surface area contributed by atoms with Crippen LogP contribution in [-0.2, 0) is 17.6 Å². The molecule has 3 aliphatic carbocycles. The molecule has 4 aliphatic rings. The fourth-order valence-electron chi connectivity index (χ4n) is 7.32. The Kier molecular flexibility index (Phi) is 6.51. The molecule has 1 N–H and O–H groups in total. The molecule has 0 saturated heterocycles. The molecule has 0 bridgehead atoms. The van der Waals surface area contributed by atoms with Crippen LogP contribution in [0.1, 0.15) is 65.2 Å². The lowest BCUT2D eigenvalue weighted by molar-refractivity contribution is 0.173. The quantitative estimate of drug-likeness (QED) is 0.220. The second-order valence-electron chi connectivity index (χ2n) is 12.3. The first-order valence-corrected chi connectivity index (χ1v) is 16.2. The van der Waals surface area contributed by atoms with E-state index >= 15 is 0 Å². The van der Waals surface area contributed by atoms with Gasteiger partial charge in [0.1, 0.15) is 0 Å². The van der Waals surface area contributed by atoms with Crippen molar-refractivity contribution in [2.45, 2.75) is 44.2 Å². The van der Waals surface area contributed by atoms with E-state index in [0.29, 0.717) is 0 Å². The topological polar surface area (TPSA) is 64.9 Å². The maximum Gasteiger partial charge on any atom is 0.196 e. The van der Waals surface area contributed by atoms with Gasteiger partial charge in [0, 0.05) is 75.7 Å². The molecule has 0 radical (unpaired) electrons. The number of rotatable bonds is 5. The minimum atomic E-state index is -0.147. The van der Waals surface area contributed by atoms with Gasteiger partial charge in [-0.15, -0.1) is 0 Å². The van der Waals surface area contributed by atoms with Gasteiger partial charge in [-0.2, -0.15) is 0 Å². The maximum atomic E-state index is 6.68. The molecular weight excluding hydrogens is 566 g/mol. The lowest BCUT2D eigenvalue weighted by Gasteiger charge is -2.22. The van der Waals surface area contributed by atoms with Crippen molar-refractivity contribution in [1.29, 1.82) is 0 Å². The van der Waals surface area contributed by atoms with Gasteiger partial charge < -0.3 is 14.6 Å². The number of allylic oxidation sites excluding steroid dienone is 6. The fraction of sp³-hybridized carbons (Fsp3) is 0.175. The zero-order valence-electron chi connectivity index (χ0n) is 25.4. The zero-order valence-corrected chi connectivity index (χ0v) is 25.4. The summed E-state index contributed by atoms with van der Waals surface area (Å²) in [7, 11) is 0. The number of ether oxygens (including phenoxy) is 1. The number of nitrogens with zero attached hydrogens (tertiary/aromatic N) is 4. The first-order valence-electron chi connectivity index (χ1n) is 16.2. The highest BCUT2D eigenvalue weighted by Gasteiger charge is 2.37. The van der Waals surface area contributed by atoms with Gasteiger partial charge in [0.05, 0.1) is 11.4 Å². The average Bonchev–Trinajstić information content (AvgIpc) is 3.72. The summed E-state index contributed by atoms with van der Waals surface area (Å²) in [6.45, 7) is 0. The average molecular weight is 600 g/mol. The van der Waals surface area contributed by atoms with E-state index in [1.165, 1.54) is 33.9 Å². The molecule has 0 spiro atoms. The number of benzene rings is 1. The molecule has 5 aromatic rings. The fourth-order valence-corrected chi connectivity index (χ4v) is 7.32. The predicted molar refractivity (Wildman–Crippen MR) is 182 cm³/mol. The number of aromatic nitrogens is 4. The zero-order chi connectivity index (χ0) is 30.5. The molecule has 4 aromatic heterocycles. The van der Waals surface area contributed by atoms with Gasteiger partial charge in [-0.3, -0.25) is 15.0 Å². The monoisotopic (exact) mass is 599 g/mol. The van der Waals surface area contributed by atoms with Gasteiger partial charge in [0.25, 0.3) is 0 Å². The van der Waals surface area contributed by atoms with Crippen LogP contribution in [0.4, 0.5) is 0 Å². The minimum absolute atomic E-state index is 0.147. The Bertz CT molecular complexity index is 2020. The van der Waals surface area contributed by atoms with Crippen LogP contribution in [0, 0.1) is 0 Å². The van der Waals surface area contributed by atoms with Crippen LogP contribution in [0.25, 0.3) is 39.9 Å². The van der Waals surface area contributed by atoms with Crippen molar-refractivity contribution < 1.29 is 4.74 Å². The Labute approximate surface area is 268 Å². The van der Waals surface area contributed by atoms with Crippen LogP contribution in [0.3, 0.4) is 0 Å². The normalized spacial score (nSPS) is 19.5. The Morgan fingerprint density at radius 3 is 2.37 bits per heavy atom. The van der Waals surface area contributed by atoms with E-state index in [1.54, 1.807) is 0 Å². The SMILES string of the molecule is C1=Cc2c3c(n(C4=CCC(c5cc(-c6ccncc6)cc(-c6ccncc6)n5)C=C4)c2CC1)CCC1=C3OC(c2ccccc2)N1. The summed E-state index contributed by atoms with van der Waals surface area (Å²) in [5, 5.41) is 3.68. The molecule has 9 rings (SSSR count). The highest BCUT2D eigenvalue weighted by atomic mass is 16.5. The minimum Gasteiger partial charge on any atom is -0.464 e. The third-order valence-electron chi connectivity index (χ3n) is 9.55. The van der Waals surface area contributed by atoms with Crippen molar-refractivity contribution in [3.05, 3.63) is 155 Å². The van der Waals surface area contributed by atoms with Crippen molar-refractivity contribution in [2.24, 2.45) is 0 Å². The molecular formula is C40H33N5O. The Hall–Kier alpha value is -5.49. The largest absolute Gasteiger partial charge is 0.464 e. The number of fused-ring (bicyclic) bond motifs is 4. The Morgan fingerprint density at radius 1 is 0.783 bits per heavy atom. The lowest BCUT2D eigenvalue weighted by atomic mass is 9.92. The number of hydrogen-bond acceptors (Lipinski definition) is 5. The van der Waals surface area contributed by atoms with E-state index in [0.717, 1.165) is 71.5 Å². The van der Waals surface area contributed by atoms with Gasteiger partial charge in [0.2, 0.25) is 0 Å². The summed E-state index contributed by atoms with van der Waals surface area (Å²) in [4.78, 5) is 13.6. The first kappa shape index (κ1) is 26.9. The second-order valence-corrected chi connectivity index (χ2v) is 12.3. The molecule has 5 heterocycles. The third-order valence-corrected chi connectivity index (χ3v) is 9.55. The lowest BCUT2D eigenvalue weighted by Crippen LogP contribution is -2.17. The maximum absolute atomic E-state index is 6.68. The third kappa shape index (κ3) is 4.60. The van der Waals surface area contributed by atoms with Crippen molar-refractivity contribution in [2.75, 3.05) is 0 Å². The summed E-state index contributed by atoms with van der Waals surface area (Å²) in [5.74, 6) is 1.20. The molecule has 0 saturated carbocycles. The molecule has 6 heteroatoms. The summed E-state index contributed by atoms with van der Waals surface area (Å²) in [6.07, 6.45) is 23.8. The smallest absolute Gasteiger partial charge is 0.196 e. The van der Waals surface area contributed by atoms with E-state index in [-0.39, 0.29) is 12.1 Å². The van der Waals surface area contributed by atoms with E-state index in [2.05, 4.69) is 105 Å². The van der Waals surface area contributed by atoms with Gasteiger partial charge in [-0.05, 0) is 85.7 Å². The van der Waals surface area contributed by atoms with Crippen molar-refractivity contribution in [3.8, 4) is 22.4 Å². The standard InChI is InChI=1S/C40H33N5O/c1-2-6-29(7-3-1)40-44-33-14-15-37-38(39(33)46-40)32-8-4-5-9-36(32)45(37)31-12-10-27(11-13-31)34-24-30(26-16-20-41-21-17-26)25-35(43-34)28-18-22-42-23-19-28/h1-4,6-8,10,12-13,16-25,27,40,44H,5,9,11,14-15H2. The van der Waals surface area contributed by atoms with Crippen molar-refractivity contribution >= 4 is 17.5 Å². The predicted octanol–water partition coefficient (Wildman–Crippen LogP) is 8.48. The Balaban J connectivity index is 1.06. The molecule has 46 heavy (non-hydrogen) atoms. The summed E-state index contributed by atoms with van der Waals surface area (Å²) < 4.78 is 9.22. The van der Waals surface area contributed by atoms with Crippen LogP contribution in [0.15, 0.2) is 122 Å². The van der Waals surface area contributed by atoms with E-state index in [9.17, 15) is 0 Å². The van der Waals surface area contributed by atoms with Crippen LogP contribution in [0.2, 0.25) is 0 Å². The molecule has 0 fully saturated rings. The summed E-state index contributed by atoms with van der Waals surface area (Å²) >= 11 is 0. The van der Waals surface area contributed by atoms with Gasteiger partial charge >= 0.3 is 0 Å². The van der Waals surface area contributed by atoms with Crippen molar-refractivity contribution in [1.82, 2.24) is 24.8 Å². The second kappa shape index (κ2) is 11.1. The molecule has 1 aromatic carbocycles. The highest BCUT2D eigenvalue weighted by molar-refractivity contribution is 5.82. The molecule has 6 nitrogen and oxygen atoms in total. The van der Waals surface area contributed by atoms with E-state index in [4.69, 9.17) is 9.72 Å². The van der Waals surface area contributed by atoms with Gasteiger partial charge in [0.15, 0.2) is 12.0 Å². The number of nitrogens with one attached hydrogen (secondary N) is 1. The molecule has 224 valence electrons. The molecule has 1 aliphatic heterocycles. The molecule has 2 unspecified atom stereocenters. The highest BCUT2D eigenvalue weighted by Crippen LogP contribution is 2.46. The number of pyridine rings is 3.